The van der Waals surface area contributed by atoms with E-state index in [0.717, 1.165) is 11.2 Å². The van der Waals surface area contributed by atoms with E-state index in [1.54, 1.807) is 12.1 Å². The van der Waals surface area contributed by atoms with Gasteiger partial charge >= 0.3 is 5.97 Å². The van der Waals surface area contributed by atoms with Crippen molar-refractivity contribution >= 4 is 22.7 Å². The molecule has 1 unspecified atom stereocenters. The molecular formula is C15H15NO4. The Hall–Kier alpha value is -2.14. The van der Waals surface area contributed by atoms with Crippen LogP contribution >= 0.6 is 0 Å². The largest absolute Gasteiger partial charge is 0.465 e. The van der Waals surface area contributed by atoms with Crippen molar-refractivity contribution in [3.8, 4) is 0 Å². The lowest BCUT2D eigenvalue weighted by molar-refractivity contribution is 0.0603. The summed E-state index contributed by atoms with van der Waals surface area (Å²) in [6.45, 7) is -0.00952. The molecule has 1 aliphatic carbocycles. The average molecular weight is 273 g/mol. The van der Waals surface area contributed by atoms with Crippen LogP contribution in [0, 0.1) is 5.92 Å². The number of nitrogens with one attached hydrogen (secondary N) is 1. The van der Waals surface area contributed by atoms with E-state index in [1.165, 1.54) is 7.11 Å². The lowest BCUT2D eigenvalue weighted by Crippen LogP contribution is -2.22. The van der Waals surface area contributed by atoms with Crippen molar-refractivity contribution < 1.29 is 19.4 Å². The molecule has 1 aromatic heterocycles. The zero-order chi connectivity index (χ0) is 14.3. The van der Waals surface area contributed by atoms with E-state index in [4.69, 9.17) is 4.74 Å². The van der Waals surface area contributed by atoms with Crippen LogP contribution in [0.5, 0.6) is 0 Å². The van der Waals surface area contributed by atoms with E-state index in [0.29, 0.717) is 29.4 Å². The number of aliphatic hydroxyl groups excluding tert-OH is 1. The first-order valence-electron chi connectivity index (χ1n) is 6.51. The van der Waals surface area contributed by atoms with E-state index < -0.39 is 5.97 Å². The molecule has 0 bridgehead atoms. The van der Waals surface area contributed by atoms with Crippen LogP contribution in [0.25, 0.3) is 10.9 Å². The molecule has 0 saturated heterocycles. The maximum atomic E-state index is 12.3. The van der Waals surface area contributed by atoms with Gasteiger partial charge in [-0.3, -0.25) is 4.79 Å². The first-order valence-corrected chi connectivity index (χ1v) is 6.51. The number of hydrogen-bond acceptors (Lipinski definition) is 4. The summed E-state index contributed by atoms with van der Waals surface area (Å²) in [5, 5.41) is 9.88. The second kappa shape index (κ2) is 4.76. The molecule has 0 aliphatic heterocycles. The minimum Gasteiger partial charge on any atom is -0.465 e. The van der Waals surface area contributed by atoms with Gasteiger partial charge in [0.15, 0.2) is 5.78 Å². The Morgan fingerprint density at radius 1 is 1.45 bits per heavy atom. The molecule has 20 heavy (non-hydrogen) atoms. The fraction of sp³-hybridized carbons (Fsp3) is 0.333. The Morgan fingerprint density at radius 2 is 2.25 bits per heavy atom. The number of benzene rings is 1. The molecule has 1 atom stereocenters. The highest BCUT2D eigenvalue weighted by Gasteiger charge is 2.30. The fourth-order valence-corrected chi connectivity index (χ4v) is 2.90. The van der Waals surface area contributed by atoms with Crippen LogP contribution in [0.3, 0.4) is 0 Å². The number of methoxy groups -OCH3 is 1. The third-order valence-electron chi connectivity index (χ3n) is 3.81. The molecule has 0 radical (unpaired) electrons. The second-order valence-corrected chi connectivity index (χ2v) is 5.08. The van der Waals surface area contributed by atoms with E-state index in [2.05, 4.69) is 4.98 Å². The summed E-state index contributed by atoms with van der Waals surface area (Å²) in [4.78, 5) is 27.4. The van der Waals surface area contributed by atoms with Crippen molar-refractivity contribution in [3.05, 3.63) is 35.0 Å². The number of aliphatic hydroxyl groups is 1. The molecule has 0 saturated carbocycles. The van der Waals surface area contributed by atoms with Crippen LogP contribution in [0.1, 0.15) is 32.8 Å². The molecule has 1 aromatic carbocycles. The van der Waals surface area contributed by atoms with E-state index in [9.17, 15) is 14.7 Å². The molecule has 5 nitrogen and oxygen atoms in total. The van der Waals surface area contributed by atoms with Gasteiger partial charge in [0.1, 0.15) is 0 Å². The highest BCUT2D eigenvalue weighted by atomic mass is 16.5. The van der Waals surface area contributed by atoms with Crippen molar-refractivity contribution in [2.24, 2.45) is 5.92 Å². The summed E-state index contributed by atoms with van der Waals surface area (Å²) in [7, 11) is 1.32. The molecule has 0 fully saturated rings. The molecule has 1 aliphatic rings. The third-order valence-corrected chi connectivity index (χ3v) is 3.81. The first kappa shape index (κ1) is 12.9. The standard InChI is InChI=1S/C15H15NO4/c1-20-15(19)9-3-2-4-10-13(9)14-11(16-10)5-8(7-17)6-12(14)18/h2-4,8,16-17H,5-7H2,1H3. The minimum absolute atomic E-state index is 0.00952. The number of rotatable bonds is 2. The third kappa shape index (κ3) is 1.82. The molecule has 2 aromatic rings. The number of ketones is 1. The first-order chi connectivity index (χ1) is 9.65. The van der Waals surface area contributed by atoms with Gasteiger partial charge in [0, 0.05) is 35.2 Å². The summed E-state index contributed by atoms with van der Waals surface area (Å²) in [5.74, 6) is -0.535. The normalized spacial score (nSPS) is 18.1. The Bertz CT molecular complexity index is 701. The van der Waals surface area contributed by atoms with E-state index in [-0.39, 0.29) is 18.3 Å². The number of H-pyrrole nitrogens is 1. The maximum Gasteiger partial charge on any atom is 0.338 e. The quantitative estimate of drug-likeness (QED) is 0.816. The molecule has 0 spiro atoms. The molecule has 104 valence electrons. The second-order valence-electron chi connectivity index (χ2n) is 5.08. The summed E-state index contributed by atoms with van der Waals surface area (Å²) in [5.41, 5.74) is 2.53. The Labute approximate surface area is 115 Å². The smallest absolute Gasteiger partial charge is 0.338 e. The molecule has 0 amide bonds. The number of hydrogen-bond donors (Lipinski definition) is 2. The van der Waals surface area contributed by atoms with Crippen LogP contribution in [-0.2, 0) is 11.2 Å². The van der Waals surface area contributed by atoms with Crippen molar-refractivity contribution in [3.63, 3.8) is 0 Å². The number of carbonyl (C=O) groups is 2. The van der Waals surface area contributed by atoms with Crippen LogP contribution in [0.4, 0.5) is 0 Å². The SMILES string of the molecule is COC(=O)c1cccc2[nH]c3c(c12)C(=O)CC(CO)C3. The topological polar surface area (TPSA) is 79.4 Å². The zero-order valence-corrected chi connectivity index (χ0v) is 11.1. The number of esters is 1. The lowest BCUT2D eigenvalue weighted by atomic mass is 9.85. The van der Waals surface area contributed by atoms with Crippen LogP contribution < -0.4 is 0 Å². The van der Waals surface area contributed by atoms with Crippen molar-refractivity contribution in [1.29, 1.82) is 0 Å². The fourth-order valence-electron chi connectivity index (χ4n) is 2.90. The molecule has 3 rings (SSSR count). The molecular weight excluding hydrogens is 258 g/mol. The number of ether oxygens (including phenoxy) is 1. The summed E-state index contributed by atoms with van der Waals surface area (Å²) >= 11 is 0. The van der Waals surface area contributed by atoms with Crippen molar-refractivity contribution in [2.45, 2.75) is 12.8 Å². The van der Waals surface area contributed by atoms with Gasteiger partial charge in [-0.1, -0.05) is 6.07 Å². The van der Waals surface area contributed by atoms with Crippen molar-refractivity contribution in [1.82, 2.24) is 4.98 Å². The van der Waals surface area contributed by atoms with Crippen LogP contribution in [0.2, 0.25) is 0 Å². The van der Waals surface area contributed by atoms with Gasteiger partial charge < -0.3 is 14.8 Å². The van der Waals surface area contributed by atoms with Gasteiger partial charge in [-0.25, -0.2) is 4.79 Å². The zero-order valence-electron chi connectivity index (χ0n) is 11.1. The predicted molar refractivity (Wildman–Crippen MR) is 72.9 cm³/mol. The minimum atomic E-state index is -0.450. The maximum absolute atomic E-state index is 12.3. The highest BCUT2D eigenvalue weighted by molar-refractivity contribution is 6.16. The highest BCUT2D eigenvalue weighted by Crippen LogP contribution is 2.33. The number of fused-ring (bicyclic) bond motifs is 3. The van der Waals surface area contributed by atoms with Gasteiger partial charge in [0.25, 0.3) is 0 Å². The Balaban J connectivity index is 2.25. The predicted octanol–water partition coefficient (Wildman–Crippen LogP) is 1.69. The number of aromatic nitrogens is 1. The Kier molecular flexibility index (Phi) is 3.06. The lowest BCUT2D eigenvalue weighted by Gasteiger charge is -2.19. The Morgan fingerprint density at radius 3 is 2.95 bits per heavy atom. The van der Waals surface area contributed by atoms with Gasteiger partial charge in [-0.2, -0.15) is 0 Å². The van der Waals surface area contributed by atoms with Gasteiger partial charge in [0.2, 0.25) is 0 Å². The summed E-state index contributed by atoms with van der Waals surface area (Å²) < 4.78 is 4.78. The van der Waals surface area contributed by atoms with Crippen LogP contribution in [0.15, 0.2) is 18.2 Å². The van der Waals surface area contributed by atoms with Gasteiger partial charge in [-0.05, 0) is 24.5 Å². The monoisotopic (exact) mass is 273 g/mol. The van der Waals surface area contributed by atoms with E-state index in [1.807, 2.05) is 6.07 Å². The van der Waals surface area contributed by atoms with Crippen molar-refractivity contribution in [2.75, 3.05) is 13.7 Å². The number of aromatic amines is 1. The van der Waals surface area contributed by atoms with Gasteiger partial charge in [0.05, 0.1) is 12.7 Å². The average Bonchev–Trinajstić information content (AvgIpc) is 2.84. The summed E-state index contributed by atoms with van der Waals surface area (Å²) in [6.07, 6.45) is 0.929. The number of carbonyl (C=O) groups excluding carboxylic acids is 2. The number of Topliss-reactive ketones (excluding diaryl/α,β-unsaturated/α-hetero) is 1. The van der Waals surface area contributed by atoms with E-state index >= 15 is 0 Å². The summed E-state index contributed by atoms with van der Waals surface area (Å²) in [6, 6.07) is 5.25. The molecule has 1 heterocycles. The molecule has 2 N–H and O–H groups in total. The van der Waals surface area contributed by atoms with Crippen LogP contribution in [-0.4, -0.2) is 35.6 Å². The van der Waals surface area contributed by atoms with Gasteiger partial charge in [-0.15, -0.1) is 0 Å². The molecule has 5 heteroatoms.